The minimum absolute atomic E-state index is 0.719. The Bertz CT molecular complexity index is 401. The zero-order chi connectivity index (χ0) is 12.7. The highest BCUT2D eigenvalue weighted by Gasteiger charge is 2.50. The van der Waals surface area contributed by atoms with Crippen molar-refractivity contribution in [3.63, 3.8) is 0 Å². The summed E-state index contributed by atoms with van der Waals surface area (Å²) in [7, 11) is 0. The highest BCUT2D eigenvalue weighted by Crippen LogP contribution is 2.61. The second kappa shape index (κ2) is 4.54. The minimum atomic E-state index is 0.719. The molecule has 0 aliphatic heterocycles. The van der Waals surface area contributed by atoms with E-state index in [-0.39, 0.29) is 0 Å². The van der Waals surface area contributed by atoms with E-state index >= 15 is 0 Å². The molecule has 4 fully saturated rings. The summed E-state index contributed by atoms with van der Waals surface area (Å²) in [6, 6.07) is 10.7. The third-order valence-electron chi connectivity index (χ3n) is 5.92. The van der Waals surface area contributed by atoms with Crippen LogP contribution in [0.15, 0.2) is 30.3 Å². The molecule has 1 N–H and O–H groups in total. The van der Waals surface area contributed by atoms with Crippen LogP contribution in [0, 0.1) is 23.2 Å². The molecule has 4 saturated carbocycles. The van der Waals surface area contributed by atoms with E-state index in [1.165, 1.54) is 31.4 Å². The van der Waals surface area contributed by atoms with Crippen LogP contribution in [0.1, 0.15) is 44.9 Å². The average Bonchev–Trinajstić information content (AvgIpc) is 2.38. The largest absolute Gasteiger partial charge is 0.385 e. The lowest BCUT2D eigenvalue weighted by molar-refractivity contribution is -0.0552. The van der Waals surface area contributed by atoms with E-state index in [1.54, 1.807) is 19.3 Å². The zero-order valence-electron chi connectivity index (χ0n) is 11.8. The van der Waals surface area contributed by atoms with E-state index in [2.05, 4.69) is 35.6 Å². The molecule has 0 unspecified atom stereocenters. The van der Waals surface area contributed by atoms with Crippen LogP contribution >= 0.6 is 0 Å². The molecule has 0 spiro atoms. The Labute approximate surface area is 116 Å². The maximum absolute atomic E-state index is 3.62. The van der Waals surface area contributed by atoms with Crippen LogP contribution < -0.4 is 5.32 Å². The molecule has 19 heavy (non-hydrogen) atoms. The molecule has 0 amide bonds. The van der Waals surface area contributed by atoms with E-state index < -0.39 is 0 Å². The number of benzene rings is 1. The standard InChI is InChI=1S/C18H25N/c1-2-4-17(5-3-1)19-7-6-18-11-14-8-15(12-18)10-16(9-14)13-18/h1-5,14-16,19H,6-13H2. The number of hydrogen-bond acceptors (Lipinski definition) is 1. The molecular formula is C18H25N. The highest BCUT2D eigenvalue weighted by molar-refractivity contribution is 5.42. The van der Waals surface area contributed by atoms with Crippen molar-refractivity contribution in [2.45, 2.75) is 44.9 Å². The molecule has 102 valence electrons. The van der Waals surface area contributed by atoms with E-state index in [0.717, 1.165) is 29.7 Å². The number of anilines is 1. The first kappa shape index (κ1) is 11.8. The number of hydrogen-bond donors (Lipinski definition) is 1. The molecule has 0 heterocycles. The van der Waals surface area contributed by atoms with Gasteiger partial charge in [0.2, 0.25) is 0 Å². The van der Waals surface area contributed by atoms with Gasteiger partial charge in [-0.05, 0) is 80.2 Å². The van der Waals surface area contributed by atoms with Crippen molar-refractivity contribution >= 4 is 5.69 Å². The van der Waals surface area contributed by atoms with Gasteiger partial charge in [-0.3, -0.25) is 0 Å². The van der Waals surface area contributed by atoms with Crippen molar-refractivity contribution < 1.29 is 0 Å². The fourth-order valence-electron chi connectivity index (χ4n) is 5.62. The smallest absolute Gasteiger partial charge is 0.0340 e. The van der Waals surface area contributed by atoms with Gasteiger partial charge in [-0.1, -0.05) is 18.2 Å². The fourth-order valence-corrected chi connectivity index (χ4v) is 5.62. The lowest BCUT2D eigenvalue weighted by Crippen LogP contribution is -2.46. The number of rotatable bonds is 4. The van der Waals surface area contributed by atoms with Crippen molar-refractivity contribution in [3.8, 4) is 0 Å². The summed E-state index contributed by atoms with van der Waals surface area (Å²) >= 11 is 0. The van der Waals surface area contributed by atoms with Gasteiger partial charge in [0, 0.05) is 12.2 Å². The molecular weight excluding hydrogens is 230 g/mol. The summed E-state index contributed by atoms with van der Waals surface area (Å²) in [5.41, 5.74) is 2.00. The summed E-state index contributed by atoms with van der Waals surface area (Å²) in [6.07, 6.45) is 10.7. The molecule has 4 aliphatic carbocycles. The van der Waals surface area contributed by atoms with Crippen molar-refractivity contribution in [3.05, 3.63) is 30.3 Å². The zero-order valence-corrected chi connectivity index (χ0v) is 11.8. The van der Waals surface area contributed by atoms with Gasteiger partial charge in [0.1, 0.15) is 0 Å². The molecule has 4 aliphatic rings. The molecule has 0 saturated heterocycles. The second-order valence-electron chi connectivity index (χ2n) is 7.46. The van der Waals surface area contributed by atoms with Crippen LogP contribution in [-0.4, -0.2) is 6.54 Å². The molecule has 1 nitrogen and oxygen atoms in total. The SMILES string of the molecule is c1ccc(NCCC23CC4CC(CC(C4)C2)C3)cc1. The van der Waals surface area contributed by atoms with Gasteiger partial charge >= 0.3 is 0 Å². The monoisotopic (exact) mass is 255 g/mol. The third-order valence-corrected chi connectivity index (χ3v) is 5.92. The molecule has 1 aromatic rings. The number of nitrogens with one attached hydrogen (secondary N) is 1. The van der Waals surface area contributed by atoms with E-state index in [1.807, 2.05) is 0 Å². The summed E-state index contributed by atoms with van der Waals surface area (Å²) in [6.45, 7) is 1.16. The quantitative estimate of drug-likeness (QED) is 0.822. The molecule has 0 atom stereocenters. The van der Waals surface area contributed by atoms with Crippen LogP contribution in [0.5, 0.6) is 0 Å². The van der Waals surface area contributed by atoms with Crippen LogP contribution in [-0.2, 0) is 0 Å². The maximum Gasteiger partial charge on any atom is 0.0340 e. The first-order valence-electron chi connectivity index (χ1n) is 8.10. The molecule has 1 aromatic carbocycles. The normalized spacial score (nSPS) is 39.5. The Morgan fingerprint density at radius 1 is 0.895 bits per heavy atom. The second-order valence-corrected chi connectivity index (χ2v) is 7.46. The summed E-state index contributed by atoms with van der Waals surface area (Å²) in [5, 5.41) is 3.62. The minimum Gasteiger partial charge on any atom is -0.385 e. The molecule has 0 radical (unpaired) electrons. The van der Waals surface area contributed by atoms with Gasteiger partial charge in [0.15, 0.2) is 0 Å². The Morgan fingerprint density at radius 2 is 1.47 bits per heavy atom. The Hall–Kier alpha value is -0.980. The molecule has 0 aromatic heterocycles. The molecule has 4 bridgehead atoms. The average molecular weight is 255 g/mol. The summed E-state index contributed by atoms with van der Waals surface area (Å²) < 4.78 is 0. The van der Waals surface area contributed by atoms with Crippen LogP contribution in [0.25, 0.3) is 0 Å². The van der Waals surface area contributed by atoms with E-state index in [0.29, 0.717) is 0 Å². The Kier molecular flexibility index (Phi) is 2.82. The van der Waals surface area contributed by atoms with Crippen molar-refractivity contribution in [1.82, 2.24) is 0 Å². The van der Waals surface area contributed by atoms with Gasteiger partial charge < -0.3 is 5.32 Å². The van der Waals surface area contributed by atoms with Crippen LogP contribution in [0.2, 0.25) is 0 Å². The Balaban J connectivity index is 1.38. The lowest BCUT2D eigenvalue weighted by Gasteiger charge is -2.57. The summed E-state index contributed by atoms with van der Waals surface area (Å²) in [5.74, 6) is 3.26. The predicted octanol–water partition coefficient (Wildman–Crippen LogP) is 4.71. The van der Waals surface area contributed by atoms with Crippen molar-refractivity contribution in [2.24, 2.45) is 23.2 Å². The number of para-hydroxylation sites is 1. The highest BCUT2D eigenvalue weighted by atomic mass is 14.9. The summed E-state index contributed by atoms with van der Waals surface area (Å²) in [4.78, 5) is 0. The first-order chi connectivity index (χ1) is 9.31. The Morgan fingerprint density at radius 3 is 2.05 bits per heavy atom. The maximum atomic E-state index is 3.62. The van der Waals surface area contributed by atoms with Gasteiger partial charge in [0.25, 0.3) is 0 Å². The fraction of sp³-hybridized carbons (Fsp3) is 0.667. The van der Waals surface area contributed by atoms with Gasteiger partial charge in [-0.15, -0.1) is 0 Å². The van der Waals surface area contributed by atoms with Gasteiger partial charge in [0.05, 0.1) is 0 Å². The topological polar surface area (TPSA) is 12.0 Å². The lowest BCUT2D eigenvalue weighted by atomic mass is 9.49. The van der Waals surface area contributed by atoms with E-state index in [4.69, 9.17) is 0 Å². The van der Waals surface area contributed by atoms with Crippen molar-refractivity contribution in [2.75, 3.05) is 11.9 Å². The predicted molar refractivity (Wildman–Crippen MR) is 80.2 cm³/mol. The third kappa shape index (κ3) is 2.28. The van der Waals surface area contributed by atoms with E-state index in [9.17, 15) is 0 Å². The molecule has 1 heteroatoms. The van der Waals surface area contributed by atoms with Crippen molar-refractivity contribution in [1.29, 1.82) is 0 Å². The van der Waals surface area contributed by atoms with Gasteiger partial charge in [-0.2, -0.15) is 0 Å². The van der Waals surface area contributed by atoms with Crippen LogP contribution in [0.3, 0.4) is 0 Å². The van der Waals surface area contributed by atoms with Crippen LogP contribution in [0.4, 0.5) is 5.69 Å². The molecule has 5 rings (SSSR count). The first-order valence-corrected chi connectivity index (χ1v) is 8.10. The van der Waals surface area contributed by atoms with Gasteiger partial charge in [-0.25, -0.2) is 0 Å².